The van der Waals surface area contributed by atoms with E-state index in [2.05, 4.69) is 16.5 Å². The number of halogens is 2. The van der Waals surface area contributed by atoms with Crippen LogP contribution in [0.15, 0.2) is 36.9 Å². The second-order valence-electron chi connectivity index (χ2n) is 5.74. The molecule has 1 aromatic carbocycles. The Labute approximate surface area is 148 Å². The Kier molecular flexibility index (Phi) is 7.93. The van der Waals surface area contributed by atoms with E-state index in [1.807, 2.05) is 24.7 Å². The van der Waals surface area contributed by atoms with Gasteiger partial charge in [0.25, 0.3) is 0 Å². The lowest BCUT2D eigenvalue weighted by atomic mass is 10.1. The van der Waals surface area contributed by atoms with Crippen molar-refractivity contribution in [1.82, 2.24) is 9.55 Å². The van der Waals surface area contributed by atoms with Crippen molar-refractivity contribution in [1.29, 1.82) is 0 Å². The summed E-state index contributed by atoms with van der Waals surface area (Å²) in [5, 5.41) is 1.36. The van der Waals surface area contributed by atoms with Gasteiger partial charge < -0.3 is 9.30 Å². The molecule has 2 rings (SSSR count). The minimum Gasteiger partial charge on any atom is -0.379 e. The summed E-state index contributed by atoms with van der Waals surface area (Å²) in [6.45, 7) is 3.67. The Hall–Kier alpha value is -1.03. The topological polar surface area (TPSA) is 27.1 Å². The van der Waals surface area contributed by atoms with Crippen molar-refractivity contribution >= 4 is 23.2 Å². The zero-order valence-electron chi connectivity index (χ0n) is 13.5. The smallest absolute Gasteiger partial charge is 0.0949 e. The third-order valence-corrected chi connectivity index (χ3v) is 4.46. The van der Waals surface area contributed by atoms with Gasteiger partial charge in [-0.1, -0.05) is 55.5 Å². The highest BCUT2D eigenvalue weighted by atomic mass is 35.5. The van der Waals surface area contributed by atoms with E-state index in [1.165, 1.54) is 19.3 Å². The number of rotatable bonds is 10. The second kappa shape index (κ2) is 9.96. The van der Waals surface area contributed by atoms with Crippen LogP contribution >= 0.6 is 23.2 Å². The van der Waals surface area contributed by atoms with E-state index in [-0.39, 0.29) is 6.04 Å². The lowest BCUT2D eigenvalue weighted by Gasteiger charge is -2.19. The number of benzene rings is 1. The average molecular weight is 355 g/mol. The number of nitrogens with zero attached hydrogens (tertiary/aromatic N) is 2. The van der Waals surface area contributed by atoms with Crippen LogP contribution < -0.4 is 0 Å². The summed E-state index contributed by atoms with van der Waals surface area (Å²) in [4.78, 5) is 4.14. The largest absolute Gasteiger partial charge is 0.379 e. The first kappa shape index (κ1) is 18.3. The minimum atomic E-state index is 0.183. The molecule has 0 aliphatic heterocycles. The molecule has 0 saturated carbocycles. The van der Waals surface area contributed by atoms with Crippen molar-refractivity contribution in [2.75, 3.05) is 13.2 Å². The van der Waals surface area contributed by atoms with E-state index in [1.54, 1.807) is 12.3 Å². The number of ether oxygens (including phenoxy) is 1. The van der Waals surface area contributed by atoms with Gasteiger partial charge >= 0.3 is 0 Å². The maximum Gasteiger partial charge on any atom is 0.0949 e. The van der Waals surface area contributed by atoms with E-state index in [0.717, 1.165) is 25.0 Å². The van der Waals surface area contributed by atoms with Gasteiger partial charge in [0.15, 0.2) is 0 Å². The third-order valence-electron chi connectivity index (χ3n) is 3.87. The molecule has 1 aromatic heterocycles. The van der Waals surface area contributed by atoms with Crippen LogP contribution in [-0.2, 0) is 11.2 Å². The molecule has 0 aliphatic rings. The summed E-state index contributed by atoms with van der Waals surface area (Å²) in [7, 11) is 0. The Bertz CT molecular complexity index is 572. The molecule has 1 heterocycles. The lowest BCUT2D eigenvalue weighted by Crippen LogP contribution is -2.17. The zero-order chi connectivity index (χ0) is 16.5. The molecule has 1 atom stereocenters. The predicted molar refractivity (Wildman–Crippen MR) is 96.4 cm³/mol. The fourth-order valence-corrected chi connectivity index (χ4v) is 3.01. The van der Waals surface area contributed by atoms with Crippen molar-refractivity contribution in [3.05, 3.63) is 52.5 Å². The Morgan fingerprint density at radius 2 is 2.09 bits per heavy atom. The molecular formula is C18H24Cl2N2O. The van der Waals surface area contributed by atoms with Crippen LogP contribution in [0.1, 0.15) is 44.2 Å². The fraction of sp³-hybridized carbons (Fsp3) is 0.500. The lowest BCUT2D eigenvalue weighted by molar-refractivity contribution is 0.0987. The number of unbranched alkanes of at least 4 members (excludes halogenated alkanes) is 3. The van der Waals surface area contributed by atoms with Gasteiger partial charge in [0, 0.05) is 29.0 Å². The summed E-state index contributed by atoms with van der Waals surface area (Å²) in [6.07, 6.45) is 11.2. The minimum absolute atomic E-state index is 0.183. The summed E-state index contributed by atoms with van der Waals surface area (Å²) in [6, 6.07) is 5.83. The van der Waals surface area contributed by atoms with Crippen molar-refractivity contribution in [2.45, 2.75) is 45.1 Å². The van der Waals surface area contributed by atoms with Crippen LogP contribution in [0.4, 0.5) is 0 Å². The summed E-state index contributed by atoms with van der Waals surface area (Å²) in [5.74, 6) is 0. The summed E-state index contributed by atoms with van der Waals surface area (Å²) in [5.41, 5.74) is 1.07. The Morgan fingerprint density at radius 1 is 1.22 bits per heavy atom. The molecule has 0 bridgehead atoms. The van der Waals surface area contributed by atoms with Crippen LogP contribution in [0, 0.1) is 0 Å². The predicted octanol–water partition coefficient (Wildman–Crippen LogP) is 5.57. The van der Waals surface area contributed by atoms with E-state index >= 15 is 0 Å². The molecule has 0 spiro atoms. The van der Waals surface area contributed by atoms with Gasteiger partial charge in [-0.15, -0.1) is 0 Å². The highest BCUT2D eigenvalue weighted by Gasteiger charge is 2.14. The highest BCUT2D eigenvalue weighted by molar-refractivity contribution is 6.35. The van der Waals surface area contributed by atoms with Gasteiger partial charge in [-0.05, 0) is 30.5 Å². The maximum absolute atomic E-state index is 6.30. The normalized spacial score (nSPS) is 12.5. The number of hydrogen-bond acceptors (Lipinski definition) is 2. The molecule has 0 saturated heterocycles. The molecular weight excluding hydrogens is 331 g/mol. The van der Waals surface area contributed by atoms with Crippen molar-refractivity contribution < 1.29 is 4.74 Å². The molecule has 3 nitrogen and oxygen atoms in total. The molecule has 0 radical (unpaired) electrons. The molecule has 0 N–H and O–H groups in total. The molecule has 23 heavy (non-hydrogen) atoms. The zero-order valence-corrected chi connectivity index (χ0v) is 15.1. The van der Waals surface area contributed by atoms with Gasteiger partial charge in [-0.2, -0.15) is 0 Å². The number of hydrogen-bond donors (Lipinski definition) is 0. The molecule has 0 fully saturated rings. The molecule has 126 valence electrons. The van der Waals surface area contributed by atoms with Gasteiger partial charge in [-0.3, -0.25) is 0 Å². The standard InChI is InChI=1S/C18H24Cl2N2O/c1-2-3-4-5-10-23-13-17(22-9-8-21-14-22)11-15-6-7-16(19)12-18(15)20/h6-9,12,14,17H,2-5,10-11,13H2,1H3. The van der Waals surface area contributed by atoms with Gasteiger partial charge in [-0.25, -0.2) is 4.98 Å². The van der Waals surface area contributed by atoms with E-state index in [9.17, 15) is 0 Å². The molecule has 2 aromatic rings. The van der Waals surface area contributed by atoms with E-state index in [0.29, 0.717) is 16.7 Å². The second-order valence-corrected chi connectivity index (χ2v) is 6.58. The van der Waals surface area contributed by atoms with Crippen molar-refractivity contribution in [3.8, 4) is 0 Å². The van der Waals surface area contributed by atoms with Crippen molar-refractivity contribution in [3.63, 3.8) is 0 Å². The van der Waals surface area contributed by atoms with Crippen LogP contribution in [-0.4, -0.2) is 22.8 Å². The molecule has 0 aliphatic carbocycles. The first-order chi connectivity index (χ1) is 11.2. The van der Waals surface area contributed by atoms with Crippen LogP contribution in [0.5, 0.6) is 0 Å². The first-order valence-corrected chi connectivity index (χ1v) is 8.95. The first-order valence-electron chi connectivity index (χ1n) is 8.19. The van der Waals surface area contributed by atoms with E-state index < -0.39 is 0 Å². The molecule has 1 unspecified atom stereocenters. The van der Waals surface area contributed by atoms with Crippen LogP contribution in [0.3, 0.4) is 0 Å². The maximum atomic E-state index is 6.30. The fourth-order valence-electron chi connectivity index (χ4n) is 2.53. The Balaban J connectivity index is 1.92. The van der Waals surface area contributed by atoms with Gasteiger partial charge in [0.05, 0.1) is 19.0 Å². The summed E-state index contributed by atoms with van der Waals surface area (Å²) < 4.78 is 7.96. The quantitative estimate of drug-likeness (QED) is 0.521. The monoisotopic (exact) mass is 354 g/mol. The number of aromatic nitrogens is 2. The van der Waals surface area contributed by atoms with Gasteiger partial charge in [0.2, 0.25) is 0 Å². The molecule has 0 amide bonds. The highest BCUT2D eigenvalue weighted by Crippen LogP contribution is 2.25. The molecule has 5 heteroatoms. The number of imidazole rings is 1. The van der Waals surface area contributed by atoms with Crippen LogP contribution in [0.25, 0.3) is 0 Å². The average Bonchev–Trinajstić information content (AvgIpc) is 3.06. The van der Waals surface area contributed by atoms with Gasteiger partial charge in [0.1, 0.15) is 0 Å². The van der Waals surface area contributed by atoms with E-state index in [4.69, 9.17) is 27.9 Å². The SMILES string of the molecule is CCCCCCOCC(Cc1ccc(Cl)cc1Cl)n1ccnc1. The third kappa shape index (κ3) is 6.17. The van der Waals surface area contributed by atoms with Crippen molar-refractivity contribution in [2.24, 2.45) is 0 Å². The summed E-state index contributed by atoms with van der Waals surface area (Å²) >= 11 is 12.3. The Morgan fingerprint density at radius 3 is 2.78 bits per heavy atom. The van der Waals surface area contributed by atoms with Crippen LogP contribution in [0.2, 0.25) is 10.0 Å².